The number of rotatable bonds is 6. The Kier molecular flexibility index (Phi) is 7.03. The molecule has 156 valence electrons. The molecule has 3 aromatic rings. The maximum absolute atomic E-state index is 13.8. The lowest BCUT2D eigenvalue weighted by Crippen LogP contribution is -2.13. The van der Waals surface area contributed by atoms with E-state index in [1.807, 2.05) is 6.07 Å². The highest BCUT2D eigenvalue weighted by Crippen LogP contribution is 2.33. The van der Waals surface area contributed by atoms with E-state index in [9.17, 15) is 14.4 Å². The molecule has 3 rings (SSSR count). The summed E-state index contributed by atoms with van der Waals surface area (Å²) in [7, 11) is 1.39. The van der Waals surface area contributed by atoms with Crippen LogP contribution in [-0.2, 0) is 4.79 Å². The Hall–Kier alpha value is -3.67. The zero-order chi connectivity index (χ0) is 22.4. The number of benzene rings is 2. The summed E-state index contributed by atoms with van der Waals surface area (Å²) in [4.78, 5) is 19.6. The molecule has 0 fully saturated rings. The van der Waals surface area contributed by atoms with Crippen LogP contribution >= 0.6 is 23.2 Å². The van der Waals surface area contributed by atoms with Gasteiger partial charge in [-0.25, -0.2) is 4.98 Å². The van der Waals surface area contributed by atoms with Crippen LogP contribution in [-0.4, -0.2) is 23.0 Å². The van der Waals surface area contributed by atoms with Gasteiger partial charge < -0.3 is 14.8 Å². The number of amides is 1. The summed E-state index contributed by atoms with van der Waals surface area (Å²) in [5.41, 5.74) is 0.829. The van der Waals surface area contributed by atoms with Crippen LogP contribution in [0.25, 0.3) is 6.08 Å². The predicted molar refractivity (Wildman–Crippen MR) is 114 cm³/mol. The summed E-state index contributed by atoms with van der Waals surface area (Å²) >= 11 is 11.5. The first-order valence-corrected chi connectivity index (χ1v) is 9.38. The van der Waals surface area contributed by atoms with Gasteiger partial charge in [0.15, 0.2) is 11.5 Å². The van der Waals surface area contributed by atoms with E-state index in [4.69, 9.17) is 32.7 Å². The van der Waals surface area contributed by atoms with Gasteiger partial charge in [0.1, 0.15) is 11.6 Å². The number of carbonyl (C=O) groups excluding carboxylic acids is 1. The number of anilines is 1. The lowest BCUT2D eigenvalue weighted by Gasteiger charge is -2.11. The van der Waals surface area contributed by atoms with Gasteiger partial charge in [0, 0.05) is 10.7 Å². The maximum atomic E-state index is 13.8. The summed E-state index contributed by atoms with van der Waals surface area (Å²) in [6, 6.07) is 12.9. The van der Waals surface area contributed by atoms with Gasteiger partial charge in [0.2, 0.25) is 11.1 Å². The highest BCUT2D eigenvalue weighted by atomic mass is 35.5. The van der Waals surface area contributed by atoms with Crippen molar-refractivity contribution in [3.63, 3.8) is 0 Å². The van der Waals surface area contributed by atoms with E-state index in [1.54, 1.807) is 30.3 Å². The maximum Gasteiger partial charge on any atom is 0.266 e. The third kappa shape index (κ3) is 5.69. The molecule has 0 aliphatic carbocycles. The number of carbonyl (C=O) groups is 1. The topological polar surface area (TPSA) is 97.1 Å². The summed E-state index contributed by atoms with van der Waals surface area (Å²) in [6.07, 6.45) is 2.26. The van der Waals surface area contributed by atoms with Crippen molar-refractivity contribution in [2.75, 3.05) is 12.4 Å². The molecule has 0 saturated carbocycles. The summed E-state index contributed by atoms with van der Waals surface area (Å²) in [5.74, 6) is -1.40. The van der Waals surface area contributed by atoms with Crippen molar-refractivity contribution in [3.05, 3.63) is 75.9 Å². The molecule has 31 heavy (non-hydrogen) atoms. The summed E-state index contributed by atoms with van der Waals surface area (Å²) in [5, 5.41) is 12.3. The summed E-state index contributed by atoms with van der Waals surface area (Å²) in [6.45, 7) is 0. The van der Waals surface area contributed by atoms with Crippen LogP contribution in [0.4, 0.5) is 10.1 Å². The van der Waals surface area contributed by atoms with Gasteiger partial charge in [0.05, 0.1) is 13.3 Å². The van der Waals surface area contributed by atoms with E-state index in [1.165, 1.54) is 25.3 Å². The van der Waals surface area contributed by atoms with Gasteiger partial charge in [-0.15, -0.1) is 0 Å². The fourth-order valence-corrected chi connectivity index (χ4v) is 2.66. The van der Waals surface area contributed by atoms with Crippen LogP contribution < -0.4 is 14.8 Å². The van der Waals surface area contributed by atoms with Crippen LogP contribution in [0.2, 0.25) is 10.3 Å². The van der Waals surface area contributed by atoms with Crippen molar-refractivity contribution in [1.82, 2.24) is 9.97 Å². The number of methoxy groups -OCH3 is 1. The third-order valence-corrected chi connectivity index (χ3v) is 4.29. The van der Waals surface area contributed by atoms with Gasteiger partial charge in [-0.05, 0) is 59.6 Å². The number of hydrogen-bond donors (Lipinski definition) is 1. The Labute approximate surface area is 186 Å². The highest BCUT2D eigenvalue weighted by Gasteiger charge is 2.14. The zero-order valence-corrected chi connectivity index (χ0v) is 17.4. The molecule has 0 saturated heterocycles. The molecule has 1 N–H and O–H groups in total. The van der Waals surface area contributed by atoms with Crippen molar-refractivity contribution < 1.29 is 18.7 Å². The Bertz CT molecular complexity index is 1190. The molecule has 1 heterocycles. The number of nitrogens with zero attached hydrogens (tertiary/aromatic N) is 3. The normalized spacial score (nSPS) is 10.9. The average Bonchev–Trinajstić information content (AvgIpc) is 2.76. The Morgan fingerprint density at radius 2 is 1.94 bits per heavy atom. The van der Waals surface area contributed by atoms with Gasteiger partial charge in [-0.3, -0.25) is 4.79 Å². The Balaban J connectivity index is 1.83. The number of ether oxygens (including phenoxy) is 2. The number of halogens is 3. The fraction of sp³-hybridized carbons (Fsp3) is 0.0476. The minimum atomic E-state index is -0.805. The van der Waals surface area contributed by atoms with Gasteiger partial charge in [-0.2, -0.15) is 14.6 Å². The monoisotopic (exact) mass is 458 g/mol. The number of hydrogen-bond acceptors (Lipinski definition) is 6. The second kappa shape index (κ2) is 9.89. The minimum absolute atomic E-state index is 0.140. The van der Waals surface area contributed by atoms with Gasteiger partial charge >= 0.3 is 0 Å². The van der Waals surface area contributed by atoms with Crippen LogP contribution in [0, 0.1) is 17.1 Å². The Morgan fingerprint density at radius 3 is 2.61 bits per heavy atom. The molecule has 0 radical (unpaired) electrons. The third-order valence-electron chi connectivity index (χ3n) is 3.86. The Morgan fingerprint density at radius 1 is 1.19 bits per heavy atom. The molecule has 0 aliphatic rings. The molecule has 1 amide bonds. The van der Waals surface area contributed by atoms with Crippen molar-refractivity contribution in [2.45, 2.75) is 0 Å². The molecule has 7 nitrogen and oxygen atoms in total. The smallest absolute Gasteiger partial charge is 0.266 e. The van der Waals surface area contributed by atoms with E-state index in [0.717, 1.165) is 6.20 Å². The second-order valence-corrected chi connectivity index (χ2v) is 6.71. The molecule has 10 heteroatoms. The number of aromatic nitrogens is 2. The van der Waals surface area contributed by atoms with Crippen molar-refractivity contribution in [3.8, 4) is 23.4 Å². The van der Waals surface area contributed by atoms with E-state index in [2.05, 4.69) is 15.3 Å². The van der Waals surface area contributed by atoms with Crippen LogP contribution in [0.1, 0.15) is 5.56 Å². The molecule has 0 aliphatic heterocycles. The minimum Gasteiger partial charge on any atom is -0.493 e. The molecule has 0 spiro atoms. The van der Waals surface area contributed by atoms with E-state index in [0.29, 0.717) is 16.3 Å². The lowest BCUT2D eigenvalue weighted by molar-refractivity contribution is -0.112. The molecule has 2 aromatic carbocycles. The predicted octanol–water partition coefficient (Wildman–Crippen LogP) is 5.27. The van der Waals surface area contributed by atoms with E-state index >= 15 is 0 Å². The van der Waals surface area contributed by atoms with Gasteiger partial charge in [0.25, 0.3) is 11.8 Å². The van der Waals surface area contributed by atoms with Crippen LogP contribution in [0.3, 0.4) is 0 Å². The zero-order valence-electron chi connectivity index (χ0n) is 15.9. The van der Waals surface area contributed by atoms with Crippen LogP contribution in [0.5, 0.6) is 17.4 Å². The molecule has 0 unspecified atom stereocenters. The largest absolute Gasteiger partial charge is 0.493 e. The lowest BCUT2D eigenvalue weighted by atomic mass is 10.1. The molecular weight excluding hydrogens is 446 g/mol. The molecular formula is C21H13Cl2FN4O3. The molecule has 0 atom stereocenters. The quantitative estimate of drug-likeness (QED) is 0.307. The first kappa shape index (κ1) is 22.0. The second-order valence-electron chi connectivity index (χ2n) is 5.94. The highest BCUT2D eigenvalue weighted by molar-refractivity contribution is 6.30. The van der Waals surface area contributed by atoms with Gasteiger partial charge in [-0.1, -0.05) is 17.7 Å². The van der Waals surface area contributed by atoms with E-state index in [-0.39, 0.29) is 28.2 Å². The van der Waals surface area contributed by atoms with E-state index < -0.39 is 11.7 Å². The van der Waals surface area contributed by atoms with Crippen molar-refractivity contribution >= 4 is 40.9 Å². The van der Waals surface area contributed by atoms with Crippen molar-refractivity contribution in [2.24, 2.45) is 0 Å². The molecule has 1 aromatic heterocycles. The van der Waals surface area contributed by atoms with Crippen LogP contribution in [0.15, 0.2) is 54.2 Å². The summed E-state index contributed by atoms with van der Waals surface area (Å²) < 4.78 is 24.5. The first-order valence-electron chi connectivity index (χ1n) is 8.62. The van der Waals surface area contributed by atoms with Crippen molar-refractivity contribution in [1.29, 1.82) is 5.26 Å². The number of nitriles is 1. The fourth-order valence-electron chi connectivity index (χ4n) is 2.41. The number of nitrogens with one attached hydrogen (secondary N) is 1. The standard InChI is InChI=1S/C21H13Cl2FN4O3/c1-30-18-9-12(2-7-17(18)31-20-16(24)11-26-21(23)28-20)8-13(10-25)19(29)27-15-5-3-14(22)4-6-15/h2-9,11H,1H3,(H,27,29)/b13-8+. The first-order chi connectivity index (χ1) is 14.9. The molecule has 0 bridgehead atoms. The average molecular weight is 459 g/mol. The SMILES string of the molecule is COc1cc(/C=C(\C#N)C(=O)Nc2ccc(Cl)cc2)ccc1Oc1nc(Cl)ncc1F.